The van der Waals surface area contributed by atoms with E-state index in [9.17, 15) is 43.2 Å². The van der Waals surface area contributed by atoms with Crippen LogP contribution in [0, 0.1) is 0 Å². The summed E-state index contributed by atoms with van der Waals surface area (Å²) in [6.07, 6.45) is 3.36. The highest BCUT2D eigenvalue weighted by Crippen LogP contribution is 2.22. The second kappa shape index (κ2) is 29.4. The lowest BCUT2D eigenvalue weighted by Gasteiger charge is -2.41. The molecule has 0 aliphatic carbocycles. The van der Waals surface area contributed by atoms with Gasteiger partial charge >= 0.3 is 0 Å². The molecule has 29 nitrogen and oxygen atoms in total. The average molecular weight is 1120 g/mol. The van der Waals surface area contributed by atoms with Gasteiger partial charge in [-0.15, -0.1) is 0 Å². The van der Waals surface area contributed by atoms with Crippen molar-refractivity contribution in [2.24, 2.45) is 38.7 Å². The molecule has 1 unspecified atom stereocenters. The van der Waals surface area contributed by atoms with Crippen molar-refractivity contribution in [3.63, 3.8) is 0 Å². The molecule has 2 aliphatic heterocycles. The first-order chi connectivity index (χ1) is 38.8. The molecule has 4 heterocycles. The van der Waals surface area contributed by atoms with Crippen LogP contribution in [0.25, 0.3) is 10.9 Å². The highest BCUT2D eigenvalue weighted by molar-refractivity contribution is 6.00. The molecule has 8 atom stereocenters. The molecule has 0 spiro atoms. The minimum Gasteiger partial charge on any atom is -0.370 e. The second-order valence-electron chi connectivity index (χ2n) is 19.7. The van der Waals surface area contributed by atoms with E-state index in [2.05, 4.69) is 67.5 Å². The van der Waals surface area contributed by atoms with Gasteiger partial charge in [0.2, 0.25) is 59.1 Å². The molecule has 2 fully saturated rings. The zero-order valence-electron chi connectivity index (χ0n) is 44.7. The number of imidazole rings is 1. The summed E-state index contributed by atoms with van der Waals surface area (Å²) < 4.78 is 0. The van der Waals surface area contributed by atoms with Crippen molar-refractivity contribution in [1.82, 2.24) is 62.4 Å². The molecule has 0 saturated carbocycles. The number of hydrogen-bond acceptors (Lipinski definition) is 13. The van der Waals surface area contributed by atoms with Crippen LogP contribution in [0.15, 0.2) is 83.3 Å². The number of para-hydroxylation sites is 1. The fourth-order valence-corrected chi connectivity index (χ4v) is 9.42. The predicted molar refractivity (Wildman–Crippen MR) is 295 cm³/mol. The van der Waals surface area contributed by atoms with E-state index in [1.165, 1.54) is 19.4 Å². The lowest BCUT2D eigenvalue weighted by molar-refractivity contribution is -0.150. The number of nitrogens with two attached hydrogens (primary N) is 5. The quantitative estimate of drug-likeness (QED) is 0.0254. The van der Waals surface area contributed by atoms with Gasteiger partial charge in [-0.25, -0.2) is 4.98 Å². The fourth-order valence-electron chi connectivity index (χ4n) is 9.42. The third-order valence-electron chi connectivity index (χ3n) is 13.5. The van der Waals surface area contributed by atoms with Crippen LogP contribution >= 0.6 is 0 Å². The van der Waals surface area contributed by atoms with Crippen LogP contribution < -0.4 is 71.2 Å². The maximum absolute atomic E-state index is 15.4. The molecule has 81 heavy (non-hydrogen) atoms. The van der Waals surface area contributed by atoms with E-state index in [-0.39, 0.29) is 89.3 Å². The molecule has 29 heteroatoms. The number of carbonyl (C=O) groups is 10. The maximum Gasteiger partial charge on any atom is 0.246 e. The minimum atomic E-state index is -1.72. The Hall–Kier alpha value is -9.57. The number of amides is 10. The van der Waals surface area contributed by atoms with Crippen LogP contribution in [0.4, 0.5) is 0 Å². The van der Waals surface area contributed by atoms with Crippen molar-refractivity contribution < 1.29 is 47.9 Å². The van der Waals surface area contributed by atoms with E-state index >= 15 is 4.79 Å². The lowest BCUT2D eigenvalue weighted by atomic mass is 9.98. The number of benzene rings is 2. The number of piperazine rings is 1. The fraction of sp³-hybridized carbons (Fsp3) is 0.442. The van der Waals surface area contributed by atoms with E-state index in [1.807, 2.05) is 18.2 Å². The molecule has 10 amide bonds. The van der Waals surface area contributed by atoms with Crippen molar-refractivity contribution in [2.45, 2.75) is 119 Å². The molecule has 2 aromatic carbocycles. The molecule has 20 N–H and O–H groups in total. The number of aromatic nitrogens is 3. The summed E-state index contributed by atoms with van der Waals surface area (Å²) in [5, 5.41) is 21.9. The minimum absolute atomic E-state index is 0.00741. The van der Waals surface area contributed by atoms with Crippen LogP contribution in [0.2, 0.25) is 0 Å². The number of H-pyrrole nitrogens is 2. The van der Waals surface area contributed by atoms with Gasteiger partial charge in [-0.3, -0.25) is 57.9 Å². The third kappa shape index (κ3) is 18.2. The predicted octanol–water partition coefficient (Wildman–Crippen LogP) is -4.56. The van der Waals surface area contributed by atoms with E-state index in [0.717, 1.165) is 15.8 Å². The number of hydrogen-bond donors (Lipinski definition) is 15. The standard InChI is InChI=1S/C52H71N19O10/c1-28(72)64-35(15-8-18-60-51(54)55)44(75)68-38-23-42(73)59-17-7-14-34(43(53)74)65-45(76)36(21-30-24-62-33-13-6-5-12-32(30)33)66-48(79)40-26-71(41(49(80)70-40)16-9-19-61-52(56)57)50(81)39(20-29-10-3-2-4-11-29)69-46(77)37(67-47(38)78)22-31-25-58-27-63-31/h2-6,10-13,24-25,27,34-41,62H,7-9,14-23,26H2,1H3,(H2,53,74)(H,58,63)(H,59,73)(H,64,72)(H,65,76)(H,66,79)(H,67,78)(H,68,75)(H,69,77)(H,70,80)(H4,54,55,60)(H4,56,57,61)/t34?,35-,36-,37-,38-,39+,40+,41-/m0/s1. The van der Waals surface area contributed by atoms with Crippen LogP contribution in [0.5, 0.6) is 0 Å². The Labute approximate surface area is 465 Å². The van der Waals surface area contributed by atoms with Crippen molar-refractivity contribution in [3.8, 4) is 0 Å². The van der Waals surface area contributed by atoms with Crippen molar-refractivity contribution in [3.05, 3.63) is 90.1 Å². The van der Waals surface area contributed by atoms with Gasteiger partial charge < -0.3 is 86.1 Å². The number of nitrogens with zero attached hydrogens (tertiary/aromatic N) is 4. The number of guanidine groups is 2. The summed E-state index contributed by atoms with van der Waals surface area (Å²) >= 11 is 0. The zero-order valence-corrected chi connectivity index (χ0v) is 44.7. The number of carbonyl (C=O) groups excluding carboxylic acids is 10. The van der Waals surface area contributed by atoms with Gasteiger partial charge in [-0.2, -0.15) is 0 Å². The maximum atomic E-state index is 15.4. The van der Waals surface area contributed by atoms with Crippen LogP contribution in [-0.4, -0.2) is 165 Å². The Kier molecular flexibility index (Phi) is 22.0. The number of rotatable bonds is 18. The SMILES string of the molecule is CC(=O)N[C@@H](CCCN=C(N)N)C(=O)N[C@H]1CC(=O)NCCCC(C(N)=O)NC(=O)[C@H](Cc2c[nH]c3ccccc23)NC(=O)[C@H]2CN(C(=O)[C@@H](Cc3ccccc3)NC(=O)[C@H](Cc3cnc[nH]3)NC1=O)[C@@H](CCCN=C(N)N)C(=O)N2. The van der Waals surface area contributed by atoms with Gasteiger partial charge in [0, 0.05) is 74.8 Å². The highest BCUT2D eigenvalue weighted by Gasteiger charge is 2.43. The summed E-state index contributed by atoms with van der Waals surface area (Å²) in [5.74, 6) is -8.85. The summed E-state index contributed by atoms with van der Waals surface area (Å²) in [7, 11) is 0. The molecule has 434 valence electrons. The summed E-state index contributed by atoms with van der Waals surface area (Å²) in [4.78, 5) is 160. The van der Waals surface area contributed by atoms with Crippen LogP contribution in [-0.2, 0) is 67.2 Å². The third-order valence-corrected chi connectivity index (χ3v) is 13.5. The van der Waals surface area contributed by atoms with Crippen LogP contribution in [0.3, 0.4) is 0 Å². The Morgan fingerprint density at radius 1 is 0.741 bits per heavy atom. The first-order valence-electron chi connectivity index (χ1n) is 26.4. The normalized spacial score (nSPS) is 22.1. The van der Waals surface area contributed by atoms with Crippen molar-refractivity contribution in [2.75, 3.05) is 26.2 Å². The van der Waals surface area contributed by atoms with E-state index in [1.54, 1.807) is 42.6 Å². The Balaban J connectivity index is 1.42. The Morgan fingerprint density at radius 3 is 2.10 bits per heavy atom. The first kappa shape index (κ1) is 60.7. The zero-order chi connectivity index (χ0) is 58.6. The summed E-state index contributed by atoms with van der Waals surface area (Å²) in [6, 6.07) is 4.29. The number of nitrogens with one attached hydrogen (secondary N) is 10. The molecule has 0 radical (unpaired) electrons. The summed E-state index contributed by atoms with van der Waals surface area (Å²) in [5.41, 5.74) is 30.1. The molecular formula is C52H71N19O10. The second-order valence-corrected chi connectivity index (χ2v) is 19.7. The molecule has 2 saturated heterocycles. The topological polar surface area (TPSA) is 469 Å². The number of aromatic amines is 2. The Morgan fingerprint density at radius 2 is 1.41 bits per heavy atom. The smallest absolute Gasteiger partial charge is 0.246 e. The van der Waals surface area contributed by atoms with Gasteiger partial charge in [0.25, 0.3) is 0 Å². The molecule has 6 rings (SSSR count). The number of fused-ring (bicyclic) bond motifs is 3. The van der Waals surface area contributed by atoms with E-state index in [0.29, 0.717) is 16.8 Å². The number of primary amides is 1. The Bertz CT molecular complexity index is 2940. The lowest BCUT2D eigenvalue weighted by Crippen LogP contribution is -2.68. The van der Waals surface area contributed by atoms with Crippen molar-refractivity contribution in [1.29, 1.82) is 0 Å². The summed E-state index contributed by atoms with van der Waals surface area (Å²) in [6.45, 7) is 0.718. The monoisotopic (exact) mass is 1120 g/mol. The molecule has 2 aromatic heterocycles. The van der Waals surface area contributed by atoms with E-state index in [4.69, 9.17) is 28.7 Å². The van der Waals surface area contributed by atoms with Gasteiger partial charge in [0.15, 0.2) is 11.9 Å². The highest BCUT2D eigenvalue weighted by atomic mass is 16.2. The number of aliphatic imine (C=N–C) groups is 2. The van der Waals surface area contributed by atoms with Gasteiger partial charge in [-0.05, 0) is 55.7 Å². The molecule has 2 aliphatic rings. The molecule has 2 bridgehead atoms. The van der Waals surface area contributed by atoms with Gasteiger partial charge in [0.1, 0.15) is 48.3 Å². The first-order valence-corrected chi connectivity index (χ1v) is 26.4. The van der Waals surface area contributed by atoms with Gasteiger partial charge in [0.05, 0.1) is 19.3 Å². The molecular weight excluding hydrogens is 1050 g/mol. The largest absolute Gasteiger partial charge is 0.370 e. The average Bonchev–Trinajstić information content (AvgIpc) is 4.12. The van der Waals surface area contributed by atoms with E-state index < -0.39 is 120 Å². The van der Waals surface area contributed by atoms with Crippen LogP contribution in [0.1, 0.15) is 68.7 Å². The molecule has 4 aromatic rings. The van der Waals surface area contributed by atoms with Gasteiger partial charge in [-0.1, -0.05) is 48.5 Å². The van der Waals surface area contributed by atoms with Crippen molar-refractivity contribution >= 4 is 81.9 Å².